The van der Waals surface area contributed by atoms with E-state index in [1.54, 1.807) is 30.3 Å². The number of hydrogen-bond acceptors (Lipinski definition) is 4. The molecule has 1 aliphatic rings. The number of fused-ring (bicyclic) bond motifs is 1. The molecular formula is C18H22N2O4S2. The number of rotatable bonds is 5. The van der Waals surface area contributed by atoms with Gasteiger partial charge in [0.1, 0.15) is 0 Å². The SMILES string of the molecule is CCc1ccc(S(=O)(=O)N2CCc3ccc(S(=O)(=O)NC)cc3C2)cc1. The van der Waals surface area contributed by atoms with Crippen LogP contribution in [0.25, 0.3) is 0 Å². The molecule has 0 fully saturated rings. The quantitative estimate of drug-likeness (QED) is 0.840. The van der Waals surface area contributed by atoms with E-state index in [2.05, 4.69) is 4.72 Å². The van der Waals surface area contributed by atoms with Crippen LogP contribution in [-0.2, 0) is 39.4 Å². The van der Waals surface area contributed by atoms with E-state index < -0.39 is 20.0 Å². The molecule has 0 spiro atoms. The second-order valence-corrected chi connectivity index (χ2v) is 10.0. The molecule has 1 heterocycles. The summed E-state index contributed by atoms with van der Waals surface area (Å²) in [4.78, 5) is 0.405. The molecule has 2 aromatic rings. The minimum Gasteiger partial charge on any atom is -0.214 e. The van der Waals surface area contributed by atoms with Crippen molar-refractivity contribution in [3.8, 4) is 0 Å². The van der Waals surface area contributed by atoms with Crippen molar-refractivity contribution < 1.29 is 16.8 Å². The topological polar surface area (TPSA) is 83.6 Å². The number of benzene rings is 2. The van der Waals surface area contributed by atoms with Crippen molar-refractivity contribution in [2.45, 2.75) is 36.1 Å². The molecule has 0 radical (unpaired) electrons. The third kappa shape index (κ3) is 3.55. The van der Waals surface area contributed by atoms with Crippen LogP contribution in [0.1, 0.15) is 23.6 Å². The van der Waals surface area contributed by atoms with Gasteiger partial charge in [-0.3, -0.25) is 0 Å². The van der Waals surface area contributed by atoms with Gasteiger partial charge in [-0.25, -0.2) is 21.6 Å². The van der Waals surface area contributed by atoms with Crippen LogP contribution >= 0.6 is 0 Å². The zero-order valence-electron chi connectivity index (χ0n) is 14.8. The number of aryl methyl sites for hydroxylation is 1. The maximum atomic E-state index is 12.9. The van der Waals surface area contributed by atoms with Crippen molar-refractivity contribution in [3.63, 3.8) is 0 Å². The van der Waals surface area contributed by atoms with Crippen molar-refractivity contribution in [2.75, 3.05) is 13.6 Å². The first-order valence-corrected chi connectivity index (χ1v) is 11.3. The van der Waals surface area contributed by atoms with Gasteiger partial charge in [0.15, 0.2) is 0 Å². The highest BCUT2D eigenvalue weighted by Gasteiger charge is 2.29. The summed E-state index contributed by atoms with van der Waals surface area (Å²) in [7, 11) is -5.83. The zero-order chi connectivity index (χ0) is 18.9. The van der Waals surface area contributed by atoms with Crippen LogP contribution in [0.5, 0.6) is 0 Å². The van der Waals surface area contributed by atoms with E-state index in [4.69, 9.17) is 0 Å². The van der Waals surface area contributed by atoms with Gasteiger partial charge in [-0.15, -0.1) is 0 Å². The average molecular weight is 395 g/mol. The van der Waals surface area contributed by atoms with Gasteiger partial charge >= 0.3 is 0 Å². The van der Waals surface area contributed by atoms with E-state index in [9.17, 15) is 16.8 Å². The summed E-state index contributed by atoms with van der Waals surface area (Å²) in [5.41, 5.74) is 2.78. The van der Waals surface area contributed by atoms with Crippen LogP contribution in [0.2, 0.25) is 0 Å². The Morgan fingerprint density at radius 2 is 1.62 bits per heavy atom. The molecule has 1 aliphatic heterocycles. The molecule has 0 unspecified atom stereocenters. The molecule has 0 amide bonds. The Bertz CT molecular complexity index is 1010. The standard InChI is InChI=1S/C18H22N2O4S2/c1-3-14-4-7-17(8-5-14)26(23,24)20-11-10-15-6-9-18(12-16(15)13-20)25(21,22)19-2/h4-9,12,19H,3,10-11,13H2,1-2H3. The summed E-state index contributed by atoms with van der Waals surface area (Å²) < 4.78 is 53.6. The van der Waals surface area contributed by atoms with Gasteiger partial charge in [0, 0.05) is 13.1 Å². The Hall–Kier alpha value is -1.74. The van der Waals surface area contributed by atoms with Crippen molar-refractivity contribution in [2.24, 2.45) is 0 Å². The molecule has 8 heteroatoms. The van der Waals surface area contributed by atoms with Gasteiger partial charge in [0.25, 0.3) is 0 Å². The highest BCUT2D eigenvalue weighted by atomic mass is 32.2. The maximum absolute atomic E-state index is 12.9. The fourth-order valence-corrected chi connectivity index (χ4v) is 5.24. The first kappa shape index (κ1) is 19.0. The minimum absolute atomic E-state index is 0.144. The van der Waals surface area contributed by atoms with Gasteiger partial charge in [0.05, 0.1) is 9.79 Å². The highest BCUT2D eigenvalue weighted by molar-refractivity contribution is 7.89. The lowest BCUT2D eigenvalue weighted by molar-refractivity contribution is 0.391. The number of sulfonamides is 2. The summed E-state index contributed by atoms with van der Waals surface area (Å²) >= 11 is 0. The van der Waals surface area contributed by atoms with Gasteiger partial charge in [-0.1, -0.05) is 25.1 Å². The number of nitrogens with one attached hydrogen (secondary N) is 1. The molecular weight excluding hydrogens is 372 g/mol. The molecule has 0 bridgehead atoms. The predicted molar refractivity (Wildman–Crippen MR) is 99.8 cm³/mol. The molecule has 0 saturated carbocycles. The van der Waals surface area contributed by atoms with Crippen LogP contribution in [0, 0.1) is 0 Å². The molecule has 140 valence electrons. The largest absolute Gasteiger partial charge is 0.243 e. The average Bonchev–Trinajstić information content (AvgIpc) is 2.67. The smallest absolute Gasteiger partial charge is 0.214 e. The molecule has 6 nitrogen and oxygen atoms in total. The number of nitrogens with zero attached hydrogens (tertiary/aromatic N) is 1. The minimum atomic E-state index is -3.62. The molecule has 0 aromatic heterocycles. The maximum Gasteiger partial charge on any atom is 0.243 e. The van der Waals surface area contributed by atoms with Gasteiger partial charge < -0.3 is 0 Å². The van der Waals surface area contributed by atoms with Crippen molar-refractivity contribution in [1.29, 1.82) is 0 Å². The fourth-order valence-electron chi connectivity index (χ4n) is 3.04. The Labute approximate surface area is 155 Å². The Morgan fingerprint density at radius 3 is 2.23 bits per heavy atom. The summed E-state index contributed by atoms with van der Waals surface area (Å²) in [6, 6.07) is 11.8. The molecule has 26 heavy (non-hydrogen) atoms. The van der Waals surface area contributed by atoms with E-state index in [-0.39, 0.29) is 16.3 Å². The second-order valence-electron chi connectivity index (χ2n) is 6.22. The van der Waals surface area contributed by atoms with Crippen LogP contribution in [-0.4, -0.2) is 34.7 Å². The Morgan fingerprint density at radius 1 is 0.962 bits per heavy atom. The lowest BCUT2D eigenvalue weighted by Crippen LogP contribution is -2.36. The first-order valence-electron chi connectivity index (χ1n) is 8.42. The predicted octanol–water partition coefficient (Wildman–Crippen LogP) is 1.90. The molecule has 0 atom stereocenters. The summed E-state index contributed by atoms with van der Waals surface area (Å²) in [6.45, 7) is 2.56. The first-order chi connectivity index (χ1) is 12.3. The van der Waals surface area contributed by atoms with Crippen molar-refractivity contribution in [3.05, 3.63) is 59.2 Å². The Kier molecular flexibility index (Phi) is 5.21. The second kappa shape index (κ2) is 7.11. The van der Waals surface area contributed by atoms with E-state index in [1.165, 1.54) is 11.4 Å². The molecule has 0 aliphatic carbocycles. The van der Waals surface area contributed by atoms with Crippen LogP contribution in [0.3, 0.4) is 0 Å². The van der Waals surface area contributed by atoms with E-state index >= 15 is 0 Å². The van der Waals surface area contributed by atoms with Gasteiger partial charge in [-0.05, 0) is 60.8 Å². The molecule has 2 aromatic carbocycles. The lowest BCUT2D eigenvalue weighted by atomic mass is 10.0. The monoisotopic (exact) mass is 394 g/mol. The third-order valence-electron chi connectivity index (χ3n) is 4.70. The van der Waals surface area contributed by atoms with Crippen molar-refractivity contribution >= 4 is 20.0 Å². The van der Waals surface area contributed by atoms with Crippen LogP contribution in [0.15, 0.2) is 52.3 Å². The van der Waals surface area contributed by atoms with E-state index in [1.807, 2.05) is 19.1 Å². The third-order valence-corrected chi connectivity index (χ3v) is 7.97. The zero-order valence-corrected chi connectivity index (χ0v) is 16.4. The van der Waals surface area contributed by atoms with E-state index in [0.717, 1.165) is 23.1 Å². The molecule has 1 N–H and O–H groups in total. The Balaban J connectivity index is 1.92. The fraction of sp³-hybridized carbons (Fsp3) is 0.333. The van der Waals surface area contributed by atoms with Gasteiger partial charge in [-0.2, -0.15) is 4.31 Å². The molecule has 3 rings (SSSR count). The van der Waals surface area contributed by atoms with Crippen molar-refractivity contribution in [1.82, 2.24) is 9.03 Å². The van der Waals surface area contributed by atoms with E-state index in [0.29, 0.717) is 13.0 Å². The summed E-state index contributed by atoms with van der Waals surface area (Å²) in [5, 5.41) is 0. The van der Waals surface area contributed by atoms with Gasteiger partial charge in [0.2, 0.25) is 20.0 Å². The van der Waals surface area contributed by atoms with Crippen LogP contribution in [0.4, 0.5) is 0 Å². The van der Waals surface area contributed by atoms with Crippen LogP contribution < -0.4 is 4.72 Å². The summed E-state index contributed by atoms with van der Waals surface area (Å²) in [6.07, 6.45) is 1.40. The molecule has 0 saturated heterocycles. The number of hydrogen-bond donors (Lipinski definition) is 1. The normalized spacial score (nSPS) is 15.6. The summed E-state index contributed by atoms with van der Waals surface area (Å²) in [5.74, 6) is 0. The highest BCUT2D eigenvalue weighted by Crippen LogP contribution is 2.27. The lowest BCUT2D eigenvalue weighted by Gasteiger charge is -2.28.